The molecule has 2 saturated heterocycles. The van der Waals surface area contributed by atoms with E-state index in [4.69, 9.17) is 9.26 Å². The number of aromatic nitrogens is 2. The lowest BCUT2D eigenvalue weighted by atomic mass is 10.1. The smallest absolute Gasteiger partial charge is 0.323 e. The fourth-order valence-corrected chi connectivity index (χ4v) is 2.99. The Balaban J connectivity index is 1.56. The van der Waals surface area contributed by atoms with E-state index in [1.54, 1.807) is 0 Å². The number of esters is 1. The number of rotatable bonds is 4. The molecule has 2 aliphatic heterocycles. The first-order valence-electron chi connectivity index (χ1n) is 7.66. The van der Waals surface area contributed by atoms with Crippen molar-refractivity contribution in [3.8, 4) is 0 Å². The molecule has 1 aromatic rings. The van der Waals surface area contributed by atoms with Crippen LogP contribution in [-0.2, 0) is 16.0 Å². The Morgan fingerprint density at radius 3 is 2.67 bits per heavy atom. The van der Waals surface area contributed by atoms with E-state index in [9.17, 15) is 4.79 Å². The zero-order valence-corrected chi connectivity index (χ0v) is 12.6. The SMILES string of the molecule is CCc1noc([C@H](C)N2CCN([C@@H]3CCOC3=O)CC2)n1. The largest absolute Gasteiger partial charge is 0.464 e. The highest BCUT2D eigenvalue weighted by Gasteiger charge is 2.35. The molecule has 0 amide bonds. The molecule has 0 aliphatic carbocycles. The standard InChI is InChI=1S/C14H22N4O3/c1-3-12-15-13(21-16-12)10(2)17-5-7-18(8-6-17)11-4-9-20-14(11)19/h10-11H,3-9H2,1-2H3/t10-,11+/m0/s1. The van der Waals surface area contributed by atoms with E-state index in [-0.39, 0.29) is 18.1 Å². The van der Waals surface area contributed by atoms with Gasteiger partial charge in [0.05, 0.1) is 12.6 Å². The maximum atomic E-state index is 11.6. The first kappa shape index (κ1) is 14.5. The Hall–Kier alpha value is -1.47. The lowest BCUT2D eigenvalue weighted by Crippen LogP contribution is -2.52. The van der Waals surface area contributed by atoms with Gasteiger partial charge in [-0.05, 0) is 6.92 Å². The molecule has 7 nitrogen and oxygen atoms in total. The molecule has 0 radical (unpaired) electrons. The molecule has 0 saturated carbocycles. The fourth-order valence-electron chi connectivity index (χ4n) is 2.99. The van der Waals surface area contributed by atoms with Gasteiger partial charge in [0.2, 0.25) is 5.89 Å². The predicted octanol–water partition coefficient (Wildman–Crippen LogP) is 0.626. The molecule has 0 spiro atoms. The van der Waals surface area contributed by atoms with Crippen molar-refractivity contribution in [1.82, 2.24) is 19.9 Å². The van der Waals surface area contributed by atoms with Gasteiger partial charge in [0, 0.05) is 39.0 Å². The highest BCUT2D eigenvalue weighted by atomic mass is 16.5. The third-order valence-electron chi connectivity index (χ3n) is 4.40. The van der Waals surface area contributed by atoms with Crippen molar-refractivity contribution in [3.63, 3.8) is 0 Å². The molecule has 0 bridgehead atoms. The van der Waals surface area contributed by atoms with Crippen LogP contribution in [0.2, 0.25) is 0 Å². The lowest BCUT2D eigenvalue weighted by Gasteiger charge is -2.38. The predicted molar refractivity (Wildman–Crippen MR) is 74.6 cm³/mol. The van der Waals surface area contributed by atoms with Gasteiger partial charge in [-0.1, -0.05) is 12.1 Å². The second-order valence-electron chi connectivity index (χ2n) is 5.62. The van der Waals surface area contributed by atoms with Gasteiger partial charge in [-0.3, -0.25) is 14.6 Å². The molecule has 0 N–H and O–H groups in total. The fraction of sp³-hybridized carbons (Fsp3) is 0.786. The van der Waals surface area contributed by atoms with E-state index < -0.39 is 0 Å². The maximum absolute atomic E-state index is 11.6. The van der Waals surface area contributed by atoms with Crippen molar-refractivity contribution < 1.29 is 14.1 Å². The van der Waals surface area contributed by atoms with Crippen LogP contribution in [0.4, 0.5) is 0 Å². The van der Waals surface area contributed by atoms with Crippen LogP contribution in [-0.4, -0.2) is 64.7 Å². The Bertz CT molecular complexity index is 496. The summed E-state index contributed by atoms with van der Waals surface area (Å²) < 4.78 is 10.4. The second-order valence-corrected chi connectivity index (χ2v) is 5.62. The van der Waals surface area contributed by atoms with Gasteiger partial charge in [0.1, 0.15) is 6.04 Å². The van der Waals surface area contributed by atoms with Gasteiger partial charge in [-0.25, -0.2) is 0 Å². The molecular weight excluding hydrogens is 272 g/mol. The van der Waals surface area contributed by atoms with E-state index in [1.165, 1.54) is 0 Å². The monoisotopic (exact) mass is 294 g/mol. The molecule has 3 heterocycles. The van der Waals surface area contributed by atoms with Gasteiger partial charge >= 0.3 is 5.97 Å². The van der Waals surface area contributed by atoms with Crippen molar-refractivity contribution in [2.75, 3.05) is 32.8 Å². The summed E-state index contributed by atoms with van der Waals surface area (Å²) >= 11 is 0. The number of ether oxygens (including phenoxy) is 1. The molecule has 2 atom stereocenters. The summed E-state index contributed by atoms with van der Waals surface area (Å²) in [5.41, 5.74) is 0. The Morgan fingerprint density at radius 2 is 2.10 bits per heavy atom. The number of piperazine rings is 1. The molecule has 2 fully saturated rings. The van der Waals surface area contributed by atoms with E-state index in [0.29, 0.717) is 12.5 Å². The molecule has 116 valence electrons. The van der Waals surface area contributed by atoms with Crippen LogP contribution in [0.25, 0.3) is 0 Å². The Kier molecular flexibility index (Phi) is 4.21. The third-order valence-corrected chi connectivity index (χ3v) is 4.40. The molecule has 3 rings (SSSR count). The third kappa shape index (κ3) is 2.94. The Labute approximate surface area is 124 Å². The number of carbonyl (C=O) groups is 1. The number of cyclic esters (lactones) is 1. The van der Waals surface area contributed by atoms with Gasteiger partial charge in [-0.2, -0.15) is 4.98 Å². The molecule has 1 aromatic heterocycles. The van der Waals surface area contributed by atoms with Crippen LogP contribution in [0, 0.1) is 0 Å². The van der Waals surface area contributed by atoms with Gasteiger partial charge in [0.15, 0.2) is 5.82 Å². The maximum Gasteiger partial charge on any atom is 0.323 e. The summed E-state index contributed by atoms with van der Waals surface area (Å²) in [5, 5.41) is 3.95. The quantitative estimate of drug-likeness (QED) is 0.754. The minimum absolute atomic E-state index is 0.0439. The zero-order chi connectivity index (χ0) is 14.8. The van der Waals surface area contributed by atoms with Crippen molar-refractivity contribution >= 4 is 5.97 Å². The van der Waals surface area contributed by atoms with Gasteiger partial charge in [-0.15, -0.1) is 0 Å². The van der Waals surface area contributed by atoms with Crippen LogP contribution >= 0.6 is 0 Å². The van der Waals surface area contributed by atoms with E-state index >= 15 is 0 Å². The Morgan fingerprint density at radius 1 is 1.33 bits per heavy atom. The molecule has 2 aliphatic rings. The van der Waals surface area contributed by atoms with Crippen LogP contribution < -0.4 is 0 Å². The minimum Gasteiger partial charge on any atom is -0.464 e. The summed E-state index contributed by atoms with van der Waals surface area (Å²) in [4.78, 5) is 20.6. The summed E-state index contributed by atoms with van der Waals surface area (Å²) in [6.07, 6.45) is 1.60. The minimum atomic E-state index is -0.0685. The number of aryl methyl sites for hydroxylation is 1. The van der Waals surface area contributed by atoms with Gasteiger partial charge < -0.3 is 9.26 Å². The topological polar surface area (TPSA) is 71.7 Å². The van der Waals surface area contributed by atoms with Gasteiger partial charge in [0.25, 0.3) is 0 Å². The normalized spacial score (nSPS) is 26.0. The number of hydrogen-bond donors (Lipinski definition) is 0. The van der Waals surface area contributed by atoms with Crippen molar-refractivity contribution in [2.45, 2.75) is 38.8 Å². The summed E-state index contributed by atoms with van der Waals surface area (Å²) in [6, 6.07) is 0.0769. The van der Waals surface area contributed by atoms with Crippen molar-refractivity contribution in [2.24, 2.45) is 0 Å². The average Bonchev–Trinajstić information content (AvgIpc) is 3.15. The molecule has 0 unspecified atom stereocenters. The van der Waals surface area contributed by atoms with Crippen LogP contribution in [0.3, 0.4) is 0 Å². The van der Waals surface area contributed by atoms with Crippen molar-refractivity contribution in [1.29, 1.82) is 0 Å². The first-order valence-corrected chi connectivity index (χ1v) is 7.66. The van der Waals surface area contributed by atoms with Crippen LogP contribution in [0.5, 0.6) is 0 Å². The molecule has 21 heavy (non-hydrogen) atoms. The van der Waals surface area contributed by atoms with Crippen LogP contribution in [0.1, 0.15) is 38.0 Å². The lowest BCUT2D eigenvalue weighted by molar-refractivity contribution is -0.143. The summed E-state index contributed by atoms with van der Waals surface area (Å²) in [6.45, 7) is 8.20. The summed E-state index contributed by atoms with van der Waals surface area (Å²) in [5.74, 6) is 1.37. The first-order chi connectivity index (χ1) is 10.2. The highest BCUT2D eigenvalue weighted by Crippen LogP contribution is 2.22. The molecule has 0 aromatic carbocycles. The van der Waals surface area contributed by atoms with E-state index in [2.05, 4.69) is 26.9 Å². The number of hydrogen-bond acceptors (Lipinski definition) is 7. The molecule has 7 heteroatoms. The number of carbonyl (C=O) groups excluding carboxylic acids is 1. The van der Waals surface area contributed by atoms with Crippen LogP contribution in [0.15, 0.2) is 4.52 Å². The van der Waals surface area contributed by atoms with Crippen molar-refractivity contribution in [3.05, 3.63) is 11.7 Å². The summed E-state index contributed by atoms with van der Waals surface area (Å²) in [7, 11) is 0. The number of nitrogens with zero attached hydrogens (tertiary/aromatic N) is 4. The van der Waals surface area contributed by atoms with E-state index in [1.807, 2.05) is 6.92 Å². The highest BCUT2D eigenvalue weighted by molar-refractivity contribution is 5.77. The average molecular weight is 294 g/mol. The zero-order valence-electron chi connectivity index (χ0n) is 12.6. The van der Waals surface area contributed by atoms with E-state index in [0.717, 1.165) is 44.8 Å². The second kappa shape index (κ2) is 6.11. The molecular formula is C14H22N4O3.